The monoisotopic (exact) mass is 217 g/mol. The smallest absolute Gasteiger partial charge is 0.137 e. The molecule has 0 radical (unpaired) electrons. The highest BCUT2D eigenvalue weighted by Gasteiger charge is 2.08. The van der Waals surface area contributed by atoms with Gasteiger partial charge in [0.2, 0.25) is 0 Å². The predicted molar refractivity (Wildman–Crippen MR) is 59.4 cm³/mol. The van der Waals surface area contributed by atoms with Gasteiger partial charge in [0.15, 0.2) is 0 Å². The molecule has 0 saturated heterocycles. The molecule has 0 fully saturated rings. The van der Waals surface area contributed by atoms with E-state index in [1.165, 1.54) is 18.5 Å². The fraction of sp³-hybridized carbons (Fsp3) is 0.167. The van der Waals surface area contributed by atoms with Crippen molar-refractivity contribution in [3.63, 3.8) is 0 Å². The van der Waals surface area contributed by atoms with Crippen molar-refractivity contribution >= 4 is 0 Å². The predicted octanol–water partition coefficient (Wildman–Crippen LogP) is 2.39. The highest BCUT2D eigenvalue weighted by atomic mass is 19.1. The van der Waals surface area contributed by atoms with Gasteiger partial charge in [-0.1, -0.05) is 18.2 Å². The van der Waals surface area contributed by atoms with Crippen molar-refractivity contribution in [2.24, 2.45) is 0 Å². The third kappa shape index (κ3) is 2.34. The maximum Gasteiger partial charge on any atom is 0.137 e. The number of aromatic nitrogens is 3. The summed E-state index contributed by atoms with van der Waals surface area (Å²) in [4.78, 5) is 3.89. The second-order valence-electron chi connectivity index (χ2n) is 3.51. The Labute approximate surface area is 93.3 Å². The van der Waals surface area contributed by atoms with Crippen LogP contribution in [0.1, 0.15) is 11.6 Å². The lowest BCUT2D eigenvalue weighted by molar-refractivity contribution is 0.534. The second kappa shape index (κ2) is 4.70. The van der Waals surface area contributed by atoms with Crippen molar-refractivity contribution in [1.82, 2.24) is 14.8 Å². The number of benzene rings is 1. The first kappa shape index (κ1) is 10.5. The largest absolute Gasteiger partial charge is 0.246 e. The van der Waals surface area contributed by atoms with Crippen LogP contribution < -0.4 is 0 Å². The molecule has 0 spiro atoms. The van der Waals surface area contributed by atoms with Gasteiger partial charge < -0.3 is 0 Å². The van der Waals surface area contributed by atoms with Crippen LogP contribution in [0.2, 0.25) is 0 Å². The number of hydrogen-bond donors (Lipinski definition) is 0. The summed E-state index contributed by atoms with van der Waals surface area (Å²) in [6.07, 6.45) is 5.67. The Bertz CT molecular complexity index is 448. The molecule has 2 aromatic rings. The Kier molecular flexibility index (Phi) is 3.10. The minimum atomic E-state index is -0.223. The van der Waals surface area contributed by atoms with Gasteiger partial charge in [-0.2, -0.15) is 5.10 Å². The van der Waals surface area contributed by atoms with E-state index in [2.05, 4.69) is 16.7 Å². The van der Waals surface area contributed by atoms with E-state index < -0.39 is 0 Å². The van der Waals surface area contributed by atoms with E-state index in [-0.39, 0.29) is 11.9 Å². The Morgan fingerprint density at radius 1 is 1.38 bits per heavy atom. The fourth-order valence-electron chi connectivity index (χ4n) is 1.54. The van der Waals surface area contributed by atoms with E-state index in [0.29, 0.717) is 0 Å². The molecule has 0 bridgehead atoms. The van der Waals surface area contributed by atoms with Crippen molar-refractivity contribution in [2.45, 2.75) is 12.5 Å². The zero-order valence-electron chi connectivity index (χ0n) is 8.75. The molecule has 3 nitrogen and oxygen atoms in total. The van der Waals surface area contributed by atoms with Crippen molar-refractivity contribution in [3.8, 4) is 0 Å². The Morgan fingerprint density at radius 2 is 2.12 bits per heavy atom. The van der Waals surface area contributed by atoms with Crippen LogP contribution in [-0.4, -0.2) is 14.8 Å². The maximum absolute atomic E-state index is 12.7. The van der Waals surface area contributed by atoms with Crippen molar-refractivity contribution in [1.29, 1.82) is 0 Å². The van der Waals surface area contributed by atoms with Crippen LogP contribution in [0.15, 0.2) is 49.6 Å². The lowest BCUT2D eigenvalue weighted by Gasteiger charge is -2.12. The van der Waals surface area contributed by atoms with Crippen LogP contribution in [-0.2, 0) is 6.42 Å². The molecule has 1 aromatic heterocycles. The lowest BCUT2D eigenvalue weighted by atomic mass is 10.1. The molecule has 1 aromatic carbocycles. The van der Waals surface area contributed by atoms with Crippen LogP contribution in [0.3, 0.4) is 0 Å². The summed E-state index contributed by atoms with van der Waals surface area (Å²) in [5.74, 6) is -0.223. The SMILES string of the molecule is C=CC(Cc1ccc(F)cc1)n1cncn1. The van der Waals surface area contributed by atoms with Gasteiger partial charge in [-0.3, -0.25) is 0 Å². The van der Waals surface area contributed by atoms with Crippen LogP contribution in [0, 0.1) is 5.82 Å². The first-order chi connectivity index (χ1) is 7.79. The molecule has 0 aliphatic heterocycles. The maximum atomic E-state index is 12.7. The summed E-state index contributed by atoms with van der Waals surface area (Å²) in [6.45, 7) is 3.77. The van der Waals surface area contributed by atoms with E-state index in [1.807, 2.05) is 0 Å². The number of rotatable bonds is 4. The Balaban J connectivity index is 2.13. The van der Waals surface area contributed by atoms with Gasteiger partial charge in [-0.25, -0.2) is 14.1 Å². The molecule has 4 heteroatoms. The second-order valence-corrected chi connectivity index (χ2v) is 3.51. The van der Waals surface area contributed by atoms with Crippen molar-refractivity contribution in [3.05, 3.63) is 61.0 Å². The van der Waals surface area contributed by atoms with Gasteiger partial charge in [0.1, 0.15) is 18.5 Å². The summed E-state index contributed by atoms with van der Waals surface area (Å²) in [5, 5.41) is 4.06. The third-order valence-corrected chi connectivity index (χ3v) is 2.41. The van der Waals surface area contributed by atoms with Gasteiger partial charge >= 0.3 is 0 Å². The molecule has 0 saturated carbocycles. The zero-order chi connectivity index (χ0) is 11.4. The standard InChI is InChI=1S/C12H12FN3/c1-2-12(16-9-14-8-15-16)7-10-3-5-11(13)6-4-10/h2-6,8-9,12H,1,7H2. The summed E-state index contributed by atoms with van der Waals surface area (Å²) in [6, 6.07) is 6.49. The first-order valence-corrected chi connectivity index (χ1v) is 5.00. The normalized spacial score (nSPS) is 12.3. The molecule has 1 unspecified atom stereocenters. The molecular formula is C12H12FN3. The molecular weight excluding hydrogens is 205 g/mol. The van der Waals surface area contributed by atoms with E-state index >= 15 is 0 Å². The van der Waals surface area contributed by atoms with E-state index in [1.54, 1.807) is 29.2 Å². The topological polar surface area (TPSA) is 30.7 Å². The molecule has 0 amide bonds. The Morgan fingerprint density at radius 3 is 2.69 bits per heavy atom. The van der Waals surface area contributed by atoms with Crippen LogP contribution >= 0.6 is 0 Å². The molecule has 1 atom stereocenters. The lowest BCUT2D eigenvalue weighted by Crippen LogP contribution is -2.09. The average Bonchev–Trinajstić information content (AvgIpc) is 2.82. The van der Waals surface area contributed by atoms with Gasteiger partial charge in [-0.05, 0) is 24.1 Å². The molecule has 1 heterocycles. The highest BCUT2D eigenvalue weighted by molar-refractivity contribution is 5.17. The first-order valence-electron chi connectivity index (χ1n) is 5.00. The Hall–Kier alpha value is -1.97. The summed E-state index contributed by atoms with van der Waals surface area (Å²) in [5.41, 5.74) is 1.04. The minimum Gasteiger partial charge on any atom is -0.246 e. The van der Waals surface area contributed by atoms with Crippen LogP contribution in [0.5, 0.6) is 0 Å². The molecule has 2 rings (SSSR count). The number of hydrogen-bond acceptors (Lipinski definition) is 2. The molecule has 0 aliphatic rings. The van der Waals surface area contributed by atoms with Crippen molar-refractivity contribution in [2.75, 3.05) is 0 Å². The minimum absolute atomic E-state index is 0.0490. The van der Waals surface area contributed by atoms with E-state index in [4.69, 9.17) is 0 Å². The number of halogens is 1. The van der Waals surface area contributed by atoms with E-state index in [9.17, 15) is 4.39 Å². The molecule has 16 heavy (non-hydrogen) atoms. The average molecular weight is 217 g/mol. The van der Waals surface area contributed by atoms with Crippen LogP contribution in [0.25, 0.3) is 0 Å². The van der Waals surface area contributed by atoms with Gasteiger partial charge in [0.05, 0.1) is 6.04 Å². The summed E-state index contributed by atoms with van der Waals surface area (Å²) >= 11 is 0. The molecule has 82 valence electrons. The van der Waals surface area contributed by atoms with Crippen molar-refractivity contribution < 1.29 is 4.39 Å². The van der Waals surface area contributed by atoms with Crippen LogP contribution in [0.4, 0.5) is 4.39 Å². The van der Waals surface area contributed by atoms with E-state index in [0.717, 1.165) is 12.0 Å². The quantitative estimate of drug-likeness (QED) is 0.736. The van der Waals surface area contributed by atoms with Gasteiger partial charge in [-0.15, -0.1) is 6.58 Å². The number of allylic oxidation sites excluding steroid dienone is 1. The highest BCUT2D eigenvalue weighted by Crippen LogP contribution is 2.14. The molecule has 0 N–H and O–H groups in total. The molecule has 0 aliphatic carbocycles. The fourth-order valence-corrected chi connectivity index (χ4v) is 1.54. The zero-order valence-corrected chi connectivity index (χ0v) is 8.75. The van der Waals surface area contributed by atoms with Gasteiger partial charge in [0, 0.05) is 0 Å². The summed E-state index contributed by atoms with van der Waals surface area (Å²) < 4.78 is 14.5. The number of nitrogens with zero attached hydrogens (tertiary/aromatic N) is 3. The summed E-state index contributed by atoms with van der Waals surface area (Å²) in [7, 11) is 0. The third-order valence-electron chi connectivity index (χ3n) is 2.41. The van der Waals surface area contributed by atoms with Gasteiger partial charge in [0.25, 0.3) is 0 Å².